The molecule has 0 amide bonds. The predicted molar refractivity (Wildman–Crippen MR) is 113 cm³/mol. The number of pyridine rings is 1. The van der Waals surface area contributed by atoms with Crippen LogP contribution in [0.1, 0.15) is 28.0 Å². The largest absolute Gasteiger partial charge is 0.264 e. The van der Waals surface area contributed by atoms with Crippen molar-refractivity contribution in [3.8, 4) is 11.4 Å². The van der Waals surface area contributed by atoms with E-state index in [-0.39, 0.29) is 0 Å². The van der Waals surface area contributed by atoms with Crippen LogP contribution < -0.4 is 0 Å². The standard InChI is InChI=1S/C22H19N3S2/c1-13-8-9-16(11-14(13)2)26-21-19-17-6-3-7-18(17)27-22(19)25-20(24-21)15-5-4-10-23-12-15/h4-5,8-12H,3,6-7H2,1-2H3. The topological polar surface area (TPSA) is 38.7 Å². The zero-order valence-corrected chi connectivity index (χ0v) is 17.0. The van der Waals surface area contributed by atoms with Gasteiger partial charge in [0.1, 0.15) is 9.86 Å². The summed E-state index contributed by atoms with van der Waals surface area (Å²) in [4.78, 5) is 18.0. The molecule has 1 aliphatic carbocycles. The van der Waals surface area contributed by atoms with E-state index in [2.05, 4.69) is 37.0 Å². The van der Waals surface area contributed by atoms with Crippen molar-refractivity contribution < 1.29 is 0 Å². The van der Waals surface area contributed by atoms with Crippen molar-refractivity contribution in [3.05, 3.63) is 64.3 Å². The second-order valence-electron chi connectivity index (χ2n) is 6.98. The van der Waals surface area contributed by atoms with Gasteiger partial charge in [-0.2, -0.15) is 0 Å². The van der Waals surface area contributed by atoms with Crippen LogP contribution in [0.5, 0.6) is 0 Å². The van der Waals surface area contributed by atoms with Gasteiger partial charge in [0.15, 0.2) is 5.82 Å². The molecule has 3 aromatic heterocycles. The molecule has 3 nitrogen and oxygen atoms in total. The zero-order valence-electron chi connectivity index (χ0n) is 15.3. The third-order valence-corrected chi connectivity index (χ3v) is 7.31. The van der Waals surface area contributed by atoms with Crippen molar-refractivity contribution in [2.75, 3.05) is 0 Å². The molecule has 0 N–H and O–H groups in total. The first-order valence-electron chi connectivity index (χ1n) is 9.17. The van der Waals surface area contributed by atoms with Gasteiger partial charge in [0.05, 0.1) is 0 Å². The smallest absolute Gasteiger partial charge is 0.163 e. The first-order chi connectivity index (χ1) is 13.2. The maximum Gasteiger partial charge on any atom is 0.163 e. The highest BCUT2D eigenvalue weighted by atomic mass is 32.2. The lowest BCUT2D eigenvalue weighted by molar-refractivity contribution is 0.915. The lowest BCUT2D eigenvalue weighted by Crippen LogP contribution is -1.94. The molecule has 134 valence electrons. The summed E-state index contributed by atoms with van der Waals surface area (Å²) in [6, 6.07) is 10.6. The summed E-state index contributed by atoms with van der Waals surface area (Å²) in [6.07, 6.45) is 7.19. The van der Waals surface area contributed by atoms with E-state index in [1.165, 1.54) is 44.7 Å². The van der Waals surface area contributed by atoms with Crippen LogP contribution in [0.3, 0.4) is 0 Å². The molecular weight excluding hydrogens is 370 g/mol. The van der Waals surface area contributed by atoms with Crippen LogP contribution >= 0.6 is 23.1 Å². The Morgan fingerprint density at radius 3 is 2.78 bits per heavy atom. The summed E-state index contributed by atoms with van der Waals surface area (Å²) in [5.41, 5.74) is 5.07. The number of hydrogen-bond acceptors (Lipinski definition) is 5. The molecule has 0 saturated heterocycles. The fraction of sp³-hybridized carbons (Fsp3) is 0.227. The van der Waals surface area contributed by atoms with Crippen molar-refractivity contribution >= 4 is 33.3 Å². The Kier molecular flexibility index (Phi) is 4.21. The molecule has 0 bridgehead atoms. The Morgan fingerprint density at radius 1 is 1.04 bits per heavy atom. The first kappa shape index (κ1) is 16.9. The summed E-state index contributed by atoms with van der Waals surface area (Å²) in [7, 11) is 0. The zero-order chi connectivity index (χ0) is 18.4. The second kappa shape index (κ2) is 6.73. The lowest BCUT2D eigenvalue weighted by Gasteiger charge is -2.09. The van der Waals surface area contributed by atoms with E-state index in [1.807, 2.05) is 29.7 Å². The normalized spacial score (nSPS) is 13.3. The number of benzene rings is 1. The Morgan fingerprint density at radius 2 is 1.96 bits per heavy atom. The van der Waals surface area contributed by atoms with E-state index in [1.54, 1.807) is 18.0 Å². The van der Waals surface area contributed by atoms with E-state index < -0.39 is 0 Å². The minimum atomic E-state index is 0.766. The van der Waals surface area contributed by atoms with Gasteiger partial charge in [-0.3, -0.25) is 4.98 Å². The second-order valence-corrected chi connectivity index (χ2v) is 9.13. The van der Waals surface area contributed by atoms with Crippen LogP contribution in [-0.2, 0) is 12.8 Å². The van der Waals surface area contributed by atoms with Crippen molar-refractivity contribution in [1.82, 2.24) is 15.0 Å². The third-order valence-electron chi connectivity index (χ3n) is 5.14. The van der Waals surface area contributed by atoms with Gasteiger partial charge in [-0.05, 0) is 74.1 Å². The van der Waals surface area contributed by atoms with Gasteiger partial charge in [0.2, 0.25) is 0 Å². The molecule has 0 aliphatic heterocycles. The highest BCUT2D eigenvalue weighted by Gasteiger charge is 2.23. The molecular formula is C22H19N3S2. The van der Waals surface area contributed by atoms with Gasteiger partial charge < -0.3 is 0 Å². The number of rotatable bonds is 3. The molecule has 5 rings (SSSR count). The van der Waals surface area contributed by atoms with Crippen molar-refractivity contribution in [3.63, 3.8) is 0 Å². The highest BCUT2D eigenvalue weighted by molar-refractivity contribution is 7.99. The molecule has 0 saturated carbocycles. The van der Waals surface area contributed by atoms with Crippen molar-refractivity contribution in [2.24, 2.45) is 0 Å². The first-order valence-corrected chi connectivity index (χ1v) is 10.8. The molecule has 4 aromatic rings. The minimum absolute atomic E-state index is 0.766. The van der Waals surface area contributed by atoms with Gasteiger partial charge in [0.25, 0.3) is 0 Å². The van der Waals surface area contributed by atoms with Crippen LogP contribution in [0.2, 0.25) is 0 Å². The summed E-state index contributed by atoms with van der Waals surface area (Å²) < 4.78 is 0. The summed E-state index contributed by atoms with van der Waals surface area (Å²) in [5.74, 6) is 0.766. The Hall–Kier alpha value is -2.24. The van der Waals surface area contributed by atoms with Gasteiger partial charge in [-0.1, -0.05) is 17.8 Å². The monoisotopic (exact) mass is 389 g/mol. The van der Waals surface area contributed by atoms with E-state index in [0.29, 0.717) is 0 Å². The molecule has 0 atom stereocenters. The molecule has 1 aliphatic rings. The molecule has 0 radical (unpaired) electrons. The summed E-state index contributed by atoms with van der Waals surface area (Å²) in [6.45, 7) is 4.32. The molecule has 0 unspecified atom stereocenters. The molecule has 0 spiro atoms. The number of aryl methyl sites for hydroxylation is 4. The summed E-state index contributed by atoms with van der Waals surface area (Å²) >= 11 is 3.60. The molecule has 1 aromatic carbocycles. The molecule has 27 heavy (non-hydrogen) atoms. The van der Waals surface area contributed by atoms with Crippen LogP contribution in [-0.4, -0.2) is 15.0 Å². The number of fused-ring (bicyclic) bond motifs is 3. The van der Waals surface area contributed by atoms with E-state index in [0.717, 1.165) is 27.7 Å². The van der Waals surface area contributed by atoms with Gasteiger partial charge >= 0.3 is 0 Å². The van der Waals surface area contributed by atoms with E-state index >= 15 is 0 Å². The number of thiophene rings is 1. The van der Waals surface area contributed by atoms with Crippen LogP contribution in [0.4, 0.5) is 0 Å². The van der Waals surface area contributed by atoms with E-state index in [9.17, 15) is 0 Å². The quantitative estimate of drug-likeness (QED) is 0.402. The fourth-order valence-corrected chi connectivity index (χ4v) is 5.92. The third kappa shape index (κ3) is 3.05. The Balaban J connectivity index is 1.69. The maximum absolute atomic E-state index is 4.99. The molecule has 0 fully saturated rings. The highest BCUT2D eigenvalue weighted by Crippen LogP contribution is 2.43. The average Bonchev–Trinajstić information content (AvgIpc) is 3.26. The van der Waals surface area contributed by atoms with Crippen molar-refractivity contribution in [2.45, 2.75) is 43.0 Å². The van der Waals surface area contributed by atoms with Gasteiger partial charge in [0, 0.05) is 33.1 Å². The summed E-state index contributed by atoms with van der Waals surface area (Å²) in [5, 5.41) is 2.34. The Labute approximate surface area is 166 Å². The number of nitrogens with zero attached hydrogens (tertiary/aromatic N) is 3. The van der Waals surface area contributed by atoms with Gasteiger partial charge in [-0.25, -0.2) is 9.97 Å². The Bertz CT molecular complexity index is 1150. The fourth-order valence-electron chi connectivity index (χ4n) is 3.55. The minimum Gasteiger partial charge on any atom is -0.264 e. The molecule has 3 heterocycles. The average molecular weight is 390 g/mol. The lowest BCUT2D eigenvalue weighted by atomic mass is 10.1. The number of aromatic nitrogens is 3. The number of hydrogen-bond donors (Lipinski definition) is 0. The maximum atomic E-state index is 4.99. The van der Waals surface area contributed by atoms with Crippen LogP contribution in [0.15, 0.2) is 52.6 Å². The molecule has 5 heteroatoms. The SMILES string of the molecule is Cc1ccc(Sc2nc(-c3cccnc3)nc3sc4c(c23)CCC4)cc1C. The van der Waals surface area contributed by atoms with Crippen molar-refractivity contribution in [1.29, 1.82) is 0 Å². The van der Waals surface area contributed by atoms with Crippen LogP contribution in [0.25, 0.3) is 21.6 Å². The van der Waals surface area contributed by atoms with E-state index in [4.69, 9.17) is 9.97 Å². The van der Waals surface area contributed by atoms with Gasteiger partial charge in [-0.15, -0.1) is 11.3 Å². The van der Waals surface area contributed by atoms with Crippen LogP contribution in [0, 0.1) is 13.8 Å². The predicted octanol–water partition coefficient (Wildman–Crippen LogP) is 6.01.